The monoisotopic (exact) mass is 385 g/mol. The Kier molecular flexibility index (Phi) is 6.14. The van der Waals surface area contributed by atoms with Crippen LogP contribution in [-0.2, 0) is 4.79 Å². The first kappa shape index (κ1) is 18.3. The van der Waals surface area contributed by atoms with Crippen LogP contribution in [0.3, 0.4) is 0 Å². The summed E-state index contributed by atoms with van der Waals surface area (Å²) in [6, 6.07) is 11.0. The Balaban J connectivity index is 1.62. The number of thiophene rings is 1. The summed E-state index contributed by atoms with van der Waals surface area (Å²) in [4.78, 5) is 27.4. The number of hydrogen-bond acceptors (Lipinski definition) is 4. The lowest BCUT2D eigenvalue weighted by Crippen LogP contribution is -2.34. The molecule has 5 nitrogen and oxygen atoms in total. The maximum absolute atomic E-state index is 12.7. The normalized spacial score (nSPS) is 13.8. The SMILES string of the molecule is O=C(/C=C/c1cccs1)NC(=S)Nc1ccccc1C(=O)N1CCCC1. The van der Waals surface area contributed by atoms with Crippen LogP contribution in [0, 0.1) is 0 Å². The summed E-state index contributed by atoms with van der Waals surface area (Å²) in [6.07, 6.45) is 5.23. The summed E-state index contributed by atoms with van der Waals surface area (Å²) in [5, 5.41) is 7.66. The molecule has 2 N–H and O–H groups in total. The van der Waals surface area contributed by atoms with E-state index in [1.807, 2.05) is 34.5 Å². The van der Waals surface area contributed by atoms with Crippen LogP contribution in [0.25, 0.3) is 6.08 Å². The molecule has 0 saturated carbocycles. The number of anilines is 1. The largest absolute Gasteiger partial charge is 0.339 e. The number of carbonyl (C=O) groups excluding carboxylic acids is 2. The van der Waals surface area contributed by atoms with Crippen molar-refractivity contribution in [3.05, 3.63) is 58.3 Å². The van der Waals surface area contributed by atoms with Gasteiger partial charge in [-0.1, -0.05) is 18.2 Å². The van der Waals surface area contributed by atoms with Crippen LogP contribution in [0.15, 0.2) is 47.9 Å². The van der Waals surface area contributed by atoms with Crippen molar-refractivity contribution in [3.8, 4) is 0 Å². The average Bonchev–Trinajstić information content (AvgIpc) is 3.33. The number of likely N-dealkylation sites (tertiary alicyclic amines) is 1. The van der Waals surface area contributed by atoms with Gasteiger partial charge >= 0.3 is 0 Å². The van der Waals surface area contributed by atoms with Gasteiger partial charge in [0.15, 0.2) is 5.11 Å². The second-order valence-electron chi connectivity index (χ2n) is 5.84. The molecule has 3 rings (SSSR count). The highest BCUT2D eigenvalue weighted by molar-refractivity contribution is 7.80. The molecule has 0 atom stereocenters. The van der Waals surface area contributed by atoms with E-state index in [-0.39, 0.29) is 16.9 Å². The van der Waals surface area contributed by atoms with E-state index in [4.69, 9.17) is 12.2 Å². The number of nitrogens with zero attached hydrogens (tertiary/aromatic N) is 1. The van der Waals surface area contributed by atoms with E-state index in [1.54, 1.807) is 29.5 Å². The van der Waals surface area contributed by atoms with Gasteiger partial charge in [0.05, 0.1) is 11.3 Å². The van der Waals surface area contributed by atoms with Crippen LogP contribution in [0.1, 0.15) is 28.1 Å². The predicted molar refractivity (Wildman–Crippen MR) is 109 cm³/mol. The topological polar surface area (TPSA) is 61.4 Å². The predicted octanol–water partition coefficient (Wildman–Crippen LogP) is 3.51. The van der Waals surface area contributed by atoms with Gasteiger partial charge in [-0.25, -0.2) is 0 Å². The number of hydrogen-bond donors (Lipinski definition) is 2. The molecule has 2 aromatic rings. The van der Waals surface area contributed by atoms with Crippen molar-refractivity contribution >= 4 is 52.2 Å². The smallest absolute Gasteiger partial charge is 0.255 e. The molecule has 1 saturated heterocycles. The van der Waals surface area contributed by atoms with E-state index in [1.165, 1.54) is 6.08 Å². The first-order chi connectivity index (χ1) is 12.6. The summed E-state index contributed by atoms with van der Waals surface area (Å²) in [6.45, 7) is 1.56. The van der Waals surface area contributed by atoms with Gasteiger partial charge in [0.25, 0.3) is 5.91 Å². The molecule has 134 valence electrons. The Hall–Kier alpha value is -2.51. The minimum atomic E-state index is -0.320. The number of rotatable bonds is 4. The summed E-state index contributed by atoms with van der Waals surface area (Å²) >= 11 is 6.75. The molecule has 26 heavy (non-hydrogen) atoms. The molecule has 0 aliphatic carbocycles. The van der Waals surface area contributed by atoms with Crippen LogP contribution in [-0.4, -0.2) is 34.9 Å². The highest BCUT2D eigenvalue weighted by Crippen LogP contribution is 2.20. The molecule has 2 amide bonds. The lowest BCUT2D eigenvalue weighted by molar-refractivity contribution is -0.115. The van der Waals surface area contributed by atoms with Crippen LogP contribution in [0.2, 0.25) is 0 Å². The zero-order valence-corrected chi connectivity index (χ0v) is 15.7. The molecular formula is C19H19N3O2S2. The summed E-state index contributed by atoms with van der Waals surface area (Å²) in [7, 11) is 0. The zero-order valence-electron chi connectivity index (χ0n) is 14.1. The fourth-order valence-corrected chi connectivity index (χ4v) is 3.55. The standard InChI is InChI=1S/C19H19N3O2S2/c23-17(10-9-14-6-5-13-26-14)21-19(25)20-16-8-2-1-7-15(16)18(24)22-11-3-4-12-22/h1-2,5-10,13H,3-4,11-12H2,(H2,20,21,23,25)/b10-9+. The molecule has 7 heteroatoms. The molecule has 1 aromatic heterocycles. The third-order valence-electron chi connectivity index (χ3n) is 3.98. The molecule has 1 aromatic carbocycles. The number of benzene rings is 1. The second-order valence-corrected chi connectivity index (χ2v) is 7.22. The quantitative estimate of drug-likeness (QED) is 0.625. The van der Waals surface area contributed by atoms with Gasteiger partial charge in [-0.15, -0.1) is 11.3 Å². The minimum Gasteiger partial charge on any atom is -0.339 e. The summed E-state index contributed by atoms with van der Waals surface area (Å²) < 4.78 is 0. The van der Waals surface area contributed by atoms with Crippen molar-refractivity contribution in [1.29, 1.82) is 0 Å². The van der Waals surface area contributed by atoms with Crippen LogP contribution in [0.4, 0.5) is 5.69 Å². The first-order valence-corrected chi connectivity index (χ1v) is 9.64. The lowest BCUT2D eigenvalue weighted by atomic mass is 10.1. The third kappa shape index (κ3) is 4.77. The maximum atomic E-state index is 12.7. The van der Waals surface area contributed by atoms with Gasteiger partial charge in [0, 0.05) is 24.0 Å². The average molecular weight is 386 g/mol. The third-order valence-corrected chi connectivity index (χ3v) is 5.02. The molecule has 0 unspecified atom stereocenters. The Labute approximate surface area is 161 Å². The molecule has 1 aliphatic rings. The van der Waals surface area contributed by atoms with E-state index in [0.717, 1.165) is 30.8 Å². The van der Waals surface area contributed by atoms with Gasteiger partial charge < -0.3 is 10.2 Å². The van der Waals surface area contributed by atoms with Crippen molar-refractivity contribution in [1.82, 2.24) is 10.2 Å². The van der Waals surface area contributed by atoms with E-state index in [0.29, 0.717) is 11.3 Å². The Bertz CT molecular complexity index is 825. The highest BCUT2D eigenvalue weighted by Gasteiger charge is 2.21. The van der Waals surface area contributed by atoms with Crippen molar-refractivity contribution in [2.24, 2.45) is 0 Å². The number of amides is 2. The zero-order chi connectivity index (χ0) is 18.4. The maximum Gasteiger partial charge on any atom is 0.255 e. The van der Waals surface area contributed by atoms with E-state index in [2.05, 4.69) is 10.6 Å². The van der Waals surface area contributed by atoms with Gasteiger partial charge in [0.2, 0.25) is 5.91 Å². The van der Waals surface area contributed by atoms with Gasteiger partial charge in [0.1, 0.15) is 0 Å². The fraction of sp³-hybridized carbons (Fsp3) is 0.211. The van der Waals surface area contributed by atoms with E-state index >= 15 is 0 Å². The van der Waals surface area contributed by atoms with Gasteiger partial charge in [-0.05, 0) is 54.7 Å². The van der Waals surface area contributed by atoms with Crippen LogP contribution < -0.4 is 10.6 Å². The van der Waals surface area contributed by atoms with Crippen molar-refractivity contribution in [2.45, 2.75) is 12.8 Å². The fourth-order valence-electron chi connectivity index (χ4n) is 2.72. The molecule has 1 fully saturated rings. The molecule has 1 aliphatic heterocycles. The van der Waals surface area contributed by atoms with Crippen LogP contribution in [0.5, 0.6) is 0 Å². The number of carbonyl (C=O) groups is 2. The molecule has 0 bridgehead atoms. The molecule has 0 spiro atoms. The Morgan fingerprint density at radius 3 is 2.62 bits per heavy atom. The second kappa shape index (κ2) is 8.73. The van der Waals surface area contributed by atoms with E-state index in [9.17, 15) is 9.59 Å². The van der Waals surface area contributed by atoms with Crippen LogP contribution >= 0.6 is 23.6 Å². The van der Waals surface area contributed by atoms with Crippen molar-refractivity contribution in [2.75, 3.05) is 18.4 Å². The Morgan fingerprint density at radius 2 is 1.88 bits per heavy atom. The van der Waals surface area contributed by atoms with E-state index < -0.39 is 0 Å². The van der Waals surface area contributed by atoms with Gasteiger partial charge in [-0.2, -0.15) is 0 Å². The highest BCUT2D eigenvalue weighted by atomic mass is 32.1. The number of thiocarbonyl (C=S) groups is 1. The lowest BCUT2D eigenvalue weighted by Gasteiger charge is -2.18. The molecule has 2 heterocycles. The van der Waals surface area contributed by atoms with Crippen molar-refractivity contribution in [3.63, 3.8) is 0 Å². The van der Waals surface area contributed by atoms with Crippen molar-refractivity contribution < 1.29 is 9.59 Å². The number of nitrogens with one attached hydrogen (secondary N) is 2. The first-order valence-electron chi connectivity index (χ1n) is 8.35. The summed E-state index contributed by atoms with van der Waals surface area (Å²) in [5.41, 5.74) is 1.15. The minimum absolute atomic E-state index is 0.0164. The molecule has 0 radical (unpaired) electrons. The molecular weight excluding hydrogens is 366 g/mol. The Morgan fingerprint density at radius 1 is 1.12 bits per heavy atom. The summed E-state index contributed by atoms with van der Waals surface area (Å²) in [5.74, 6) is -0.337. The van der Waals surface area contributed by atoms with Gasteiger partial charge in [-0.3, -0.25) is 14.9 Å². The number of para-hydroxylation sites is 1.